The highest BCUT2D eigenvalue weighted by Gasteiger charge is 2.48. The molecule has 1 saturated carbocycles. The maximum Gasteiger partial charge on any atom is 0.418 e. The first kappa shape index (κ1) is 33.3. The fourth-order valence-electron chi connectivity index (χ4n) is 7.95. The number of pyridine rings is 1. The second kappa shape index (κ2) is 12.0. The summed E-state index contributed by atoms with van der Waals surface area (Å²) in [6.07, 6.45) is 0.936. The highest BCUT2D eigenvalue weighted by Crippen LogP contribution is 2.51. The molecule has 2 aliphatic rings. The first-order valence-corrected chi connectivity index (χ1v) is 18.0. The summed E-state index contributed by atoms with van der Waals surface area (Å²) in [7, 11) is -2.64. The van der Waals surface area contributed by atoms with Crippen LogP contribution in [0.25, 0.3) is 16.6 Å². The van der Waals surface area contributed by atoms with E-state index in [0.717, 1.165) is 57.4 Å². The predicted molar refractivity (Wildman–Crippen MR) is 180 cm³/mol. The van der Waals surface area contributed by atoms with Gasteiger partial charge in [0.15, 0.2) is 0 Å². The molecule has 5 aromatic rings. The van der Waals surface area contributed by atoms with Gasteiger partial charge in [0.1, 0.15) is 17.7 Å². The number of benzene rings is 2. The second-order valence-corrected chi connectivity index (χ2v) is 15.9. The lowest BCUT2D eigenvalue weighted by Crippen LogP contribution is -2.43. The van der Waals surface area contributed by atoms with Gasteiger partial charge in [0.05, 0.1) is 15.9 Å². The zero-order valence-electron chi connectivity index (χ0n) is 27.9. The number of rotatable bonds is 7. The van der Waals surface area contributed by atoms with Gasteiger partial charge < -0.3 is 4.57 Å². The molecule has 2 aromatic carbocycles. The highest BCUT2D eigenvalue weighted by molar-refractivity contribution is 7.90. The van der Waals surface area contributed by atoms with Crippen molar-refractivity contribution in [3.8, 4) is 5.69 Å². The number of aryl methyl sites for hydroxylation is 2. The maximum absolute atomic E-state index is 15.0. The Balaban J connectivity index is 1.48. The zero-order valence-corrected chi connectivity index (χ0v) is 28.7. The molecular weight excluding hydrogens is 653 g/mol. The summed E-state index contributed by atoms with van der Waals surface area (Å²) in [4.78, 5) is 16.5. The highest BCUT2D eigenvalue weighted by atomic mass is 32.2. The molecule has 0 bridgehead atoms. The summed E-state index contributed by atoms with van der Waals surface area (Å²) in [5, 5.41) is 8.01. The molecule has 1 aliphatic carbocycles. The molecule has 49 heavy (non-hydrogen) atoms. The lowest BCUT2D eigenvalue weighted by Gasteiger charge is -2.46. The monoisotopic (exact) mass is 692 g/mol. The third-order valence-corrected chi connectivity index (χ3v) is 12.0. The van der Waals surface area contributed by atoms with Crippen molar-refractivity contribution >= 4 is 20.9 Å². The van der Waals surface area contributed by atoms with Gasteiger partial charge in [-0.25, -0.2) is 12.4 Å². The van der Waals surface area contributed by atoms with Gasteiger partial charge in [-0.2, -0.15) is 13.2 Å². The SMILES string of the molecule is Cc1ccc(S(=O)(=O)n2c(CN3CCC[C@H](C)C3)cc3c(C(F)(F)F)cn(-c4cccc(C5(c6nncn6C)CC(C)C5)c4)c(=O)c32)cc1. The van der Waals surface area contributed by atoms with Gasteiger partial charge in [-0.1, -0.05) is 43.7 Å². The molecule has 3 aromatic heterocycles. The van der Waals surface area contributed by atoms with Crippen molar-refractivity contribution in [1.82, 2.24) is 28.2 Å². The number of fused-ring (bicyclic) bond motifs is 1. The second-order valence-electron chi connectivity index (χ2n) is 14.1. The molecule has 2 fully saturated rings. The van der Waals surface area contributed by atoms with Gasteiger partial charge in [-0.05, 0) is 86.9 Å². The van der Waals surface area contributed by atoms with Gasteiger partial charge in [0.25, 0.3) is 15.6 Å². The number of likely N-dealkylation sites (tertiary alicyclic amines) is 1. The third kappa shape index (κ3) is 5.70. The molecule has 0 unspecified atom stereocenters. The zero-order chi connectivity index (χ0) is 34.9. The van der Waals surface area contributed by atoms with E-state index in [9.17, 15) is 26.4 Å². The van der Waals surface area contributed by atoms with Crippen LogP contribution in [0.2, 0.25) is 0 Å². The normalized spacial score (nSPS) is 22.0. The largest absolute Gasteiger partial charge is 0.418 e. The van der Waals surface area contributed by atoms with E-state index >= 15 is 0 Å². The van der Waals surface area contributed by atoms with Crippen molar-refractivity contribution in [2.75, 3.05) is 13.1 Å². The minimum atomic E-state index is -4.88. The van der Waals surface area contributed by atoms with Crippen LogP contribution in [-0.2, 0) is 35.2 Å². The van der Waals surface area contributed by atoms with E-state index < -0.39 is 43.6 Å². The first-order chi connectivity index (χ1) is 23.2. The molecule has 0 N–H and O–H groups in total. The average Bonchev–Trinajstić information content (AvgIpc) is 3.63. The van der Waals surface area contributed by atoms with Gasteiger partial charge >= 0.3 is 6.18 Å². The third-order valence-electron chi connectivity index (χ3n) is 10.2. The van der Waals surface area contributed by atoms with Gasteiger partial charge in [0, 0.05) is 43.1 Å². The van der Waals surface area contributed by atoms with E-state index in [-0.39, 0.29) is 22.8 Å². The van der Waals surface area contributed by atoms with E-state index in [1.54, 1.807) is 36.7 Å². The standard InChI is InChI=1S/C36H39F3N6O3S/c1-23-10-12-29(13-11-23)49(47,48)45-28(20-43-14-6-7-24(2)19-43)16-30-31(36(37,38)39)21-44(33(46)32(30)45)27-9-5-8-26(15-27)35(17-25(3)18-35)34-41-40-22-42(34)4/h5,8-13,15-16,21-22,24-25H,6-7,14,17-20H2,1-4H3/t24-,25?,35?/m0/s1. The van der Waals surface area contributed by atoms with E-state index in [1.165, 1.54) is 18.2 Å². The van der Waals surface area contributed by atoms with Crippen LogP contribution in [0, 0.1) is 18.8 Å². The van der Waals surface area contributed by atoms with Crippen LogP contribution in [0.1, 0.15) is 67.7 Å². The Bertz CT molecular complexity index is 2210. The number of nitrogens with zero attached hydrogens (tertiary/aromatic N) is 6. The van der Waals surface area contributed by atoms with Crippen LogP contribution in [0.3, 0.4) is 0 Å². The van der Waals surface area contributed by atoms with Gasteiger partial charge in [-0.3, -0.25) is 14.3 Å². The van der Waals surface area contributed by atoms with Crippen molar-refractivity contribution in [2.24, 2.45) is 18.9 Å². The van der Waals surface area contributed by atoms with Crippen LogP contribution in [0.15, 0.2) is 76.8 Å². The summed E-state index contributed by atoms with van der Waals surface area (Å²) >= 11 is 0. The van der Waals surface area contributed by atoms with Crippen molar-refractivity contribution in [1.29, 1.82) is 0 Å². The topological polar surface area (TPSA) is 95.0 Å². The van der Waals surface area contributed by atoms with Crippen molar-refractivity contribution in [2.45, 2.75) is 69.5 Å². The van der Waals surface area contributed by atoms with Crippen LogP contribution < -0.4 is 5.56 Å². The fraction of sp³-hybridized carbons (Fsp3) is 0.417. The van der Waals surface area contributed by atoms with E-state index in [1.807, 2.05) is 29.5 Å². The van der Waals surface area contributed by atoms with Crippen molar-refractivity contribution in [3.05, 3.63) is 106 Å². The number of hydrogen-bond acceptors (Lipinski definition) is 6. The van der Waals surface area contributed by atoms with Crippen LogP contribution in [0.4, 0.5) is 13.2 Å². The average molecular weight is 693 g/mol. The lowest BCUT2D eigenvalue weighted by atomic mass is 9.58. The summed E-state index contributed by atoms with van der Waals surface area (Å²) in [5.74, 6) is 1.46. The minimum absolute atomic E-state index is 0.0781. The Morgan fingerprint density at radius 2 is 1.76 bits per heavy atom. The van der Waals surface area contributed by atoms with Crippen molar-refractivity contribution in [3.63, 3.8) is 0 Å². The quantitative estimate of drug-likeness (QED) is 0.195. The molecule has 1 saturated heterocycles. The van der Waals surface area contributed by atoms with Crippen molar-refractivity contribution < 1.29 is 21.6 Å². The predicted octanol–water partition coefficient (Wildman–Crippen LogP) is 6.43. The lowest BCUT2D eigenvalue weighted by molar-refractivity contribution is -0.136. The number of halogens is 3. The number of alkyl halides is 3. The molecular formula is C36H39F3N6O3S. The number of hydrogen-bond donors (Lipinski definition) is 0. The van der Waals surface area contributed by atoms with Gasteiger partial charge in [-0.15, -0.1) is 10.2 Å². The van der Waals surface area contributed by atoms with E-state index in [0.29, 0.717) is 24.9 Å². The fourth-order valence-corrected chi connectivity index (χ4v) is 9.48. The smallest absolute Gasteiger partial charge is 0.320 e. The summed E-state index contributed by atoms with van der Waals surface area (Å²) in [6.45, 7) is 7.45. The Kier molecular flexibility index (Phi) is 8.13. The first-order valence-electron chi connectivity index (χ1n) is 16.6. The Morgan fingerprint density at radius 1 is 1.02 bits per heavy atom. The molecule has 7 rings (SSSR count). The van der Waals surface area contributed by atoms with Gasteiger partial charge in [0.2, 0.25) is 0 Å². The molecule has 9 nitrogen and oxygen atoms in total. The van der Waals surface area contributed by atoms with E-state index in [2.05, 4.69) is 24.0 Å². The van der Waals surface area contributed by atoms with E-state index in [4.69, 9.17) is 0 Å². The molecule has 1 aliphatic heterocycles. The molecule has 0 amide bonds. The Labute approximate surface area is 283 Å². The molecule has 4 heterocycles. The Morgan fingerprint density at radius 3 is 2.39 bits per heavy atom. The van der Waals surface area contributed by atoms with Crippen LogP contribution >= 0.6 is 0 Å². The number of aromatic nitrogens is 5. The molecule has 0 spiro atoms. The van der Waals surface area contributed by atoms with Crippen LogP contribution in [0.5, 0.6) is 0 Å². The summed E-state index contributed by atoms with van der Waals surface area (Å²) in [5.41, 5.74) is -1.08. The Hall–Kier alpha value is -4.23. The minimum Gasteiger partial charge on any atom is -0.320 e. The molecule has 13 heteroatoms. The maximum atomic E-state index is 15.0. The number of piperidine rings is 1. The summed E-state index contributed by atoms with van der Waals surface area (Å²) < 4.78 is 77.4. The van der Waals surface area contributed by atoms with Crippen LogP contribution in [-0.4, -0.2) is 49.7 Å². The summed E-state index contributed by atoms with van der Waals surface area (Å²) in [6, 6.07) is 14.2. The molecule has 258 valence electrons. The molecule has 1 atom stereocenters. The molecule has 0 radical (unpaired) electrons.